The Morgan fingerprint density at radius 2 is 1.92 bits per heavy atom. The van der Waals surface area contributed by atoms with E-state index < -0.39 is 35.6 Å². The Kier molecular flexibility index (Phi) is 8.54. The third-order valence-corrected chi connectivity index (χ3v) is 6.83. The van der Waals surface area contributed by atoms with E-state index in [9.17, 15) is 18.8 Å². The van der Waals surface area contributed by atoms with Crippen LogP contribution in [-0.2, 0) is 14.2 Å². The number of halogens is 2. The quantitative estimate of drug-likeness (QED) is 0.406. The van der Waals surface area contributed by atoms with E-state index in [1.807, 2.05) is 0 Å². The predicted octanol–water partition coefficient (Wildman–Crippen LogP) is 4.18. The van der Waals surface area contributed by atoms with Crippen molar-refractivity contribution in [3.05, 3.63) is 63.9 Å². The van der Waals surface area contributed by atoms with Crippen molar-refractivity contribution in [3.63, 3.8) is 0 Å². The molecule has 0 aromatic heterocycles. The van der Waals surface area contributed by atoms with Crippen molar-refractivity contribution in [1.29, 1.82) is 0 Å². The first kappa shape index (κ1) is 27.8. The van der Waals surface area contributed by atoms with Gasteiger partial charge < -0.3 is 24.3 Å². The van der Waals surface area contributed by atoms with E-state index in [-0.39, 0.29) is 28.7 Å². The van der Waals surface area contributed by atoms with Crippen LogP contribution < -0.4 is 10.1 Å². The number of para-hydroxylation sites is 1. The first-order chi connectivity index (χ1) is 18.1. The zero-order valence-corrected chi connectivity index (χ0v) is 22.2. The lowest BCUT2D eigenvalue weighted by Crippen LogP contribution is -2.55. The van der Waals surface area contributed by atoms with Gasteiger partial charge >= 0.3 is 6.16 Å². The SMILES string of the molecule is CC(=O)c1cccc2c1OC(C)(C)[C@@H](OC(=O)OCCN1CCOCC1)[C@H]2NC(=O)c1ccc(F)c(Cl)c1. The summed E-state index contributed by atoms with van der Waals surface area (Å²) in [5.74, 6) is -1.18. The van der Waals surface area contributed by atoms with E-state index >= 15 is 0 Å². The lowest BCUT2D eigenvalue weighted by molar-refractivity contribution is -0.0898. The van der Waals surface area contributed by atoms with Crippen LogP contribution in [0.15, 0.2) is 36.4 Å². The summed E-state index contributed by atoms with van der Waals surface area (Å²) in [7, 11) is 0. The van der Waals surface area contributed by atoms with Crippen molar-refractivity contribution in [2.45, 2.75) is 38.5 Å². The van der Waals surface area contributed by atoms with Gasteiger partial charge in [-0.15, -0.1) is 0 Å². The van der Waals surface area contributed by atoms with Crippen LogP contribution in [0, 0.1) is 5.82 Å². The Bertz CT molecular complexity index is 1220. The summed E-state index contributed by atoms with van der Waals surface area (Å²) in [5.41, 5.74) is -0.284. The van der Waals surface area contributed by atoms with Crippen molar-refractivity contribution < 1.29 is 37.7 Å². The van der Waals surface area contributed by atoms with Gasteiger partial charge in [0.2, 0.25) is 0 Å². The van der Waals surface area contributed by atoms with E-state index in [1.54, 1.807) is 32.0 Å². The number of carbonyl (C=O) groups is 3. The van der Waals surface area contributed by atoms with Crippen LogP contribution in [-0.4, -0.2) is 73.9 Å². The third kappa shape index (κ3) is 6.25. The molecule has 1 saturated heterocycles. The Hall–Kier alpha value is -3.21. The number of fused-ring (bicyclic) bond motifs is 1. The fourth-order valence-electron chi connectivity index (χ4n) is 4.52. The second-order valence-corrected chi connectivity index (χ2v) is 10.1. The summed E-state index contributed by atoms with van der Waals surface area (Å²) >= 11 is 5.88. The molecular weight excluding hydrogens is 519 g/mol. The molecule has 2 aromatic rings. The number of hydrogen-bond donors (Lipinski definition) is 1. The van der Waals surface area contributed by atoms with E-state index in [0.29, 0.717) is 30.9 Å². The van der Waals surface area contributed by atoms with Gasteiger partial charge in [0.15, 0.2) is 11.9 Å². The number of hydrogen-bond acceptors (Lipinski definition) is 8. The van der Waals surface area contributed by atoms with E-state index in [0.717, 1.165) is 19.2 Å². The molecule has 204 valence electrons. The van der Waals surface area contributed by atoms with Gasteiger partial charge in [0.25, 0.3) is 5.91 Å². The van der Waals surface area contributed by atoms with Gasteiger partial charge in [-0.2, -0.15) is 0 Å². The maximum Gasteiger partial charge on any atom is 0.508 e. The van der Waals surface area contributed by atoms with Crippen LogP contribution in [0.4, 0.5) is 9.18 Å². The Labute approximate surface area is 225 Å². The standard InChI is InChI=1S/C27H30ClFN2O7/c1-16(32)18-5-4-6-19-22(30-25(33)17-7-8-21(29)20(28)15-17)24(27(2,3)38-23(18)19)37-26(34)36-14-11-31-9-12-35-13-10-31/h4-8,15,22,24H,9-14H2,1-3H3,(H,30,33)/t22-,24-/m0/s1. The van der Waals surface area contributed by atoms with Crippen molar-refractivity contribution in [2.24, 2.45) is 0 Å². The molecule has 9 nitrogen and oxygen atoms in total. The smallest absolute Gasteiger partial charge is 0.483 e. The van der Waals surface area contributed by atoms with E-state index in [4.69, 9.17) is 30.5 Å². The normalized spacial score (nSPS) is 20.6. The molecule has 0 radical (unpaired) electrons. The maximum absolute atomic E-state index is 13.7. The van der Waals surface area contributed by atoms with Gasteiger partial charge in [0, 0.05) is 30.8 Å². The number of benzene rings is 2. The second kappa shape index (κ2) is 11.7. The minimum atomic E-state index is -1.17. The van der Waals surface area contributed by atoms with Crippen molar-refractivity contribution >= 4 is 29.4 Å². The van der Waals surface area contributed by atoms with Gasteiger partial charge in [-0.3, -0.25) is 14.5 Å². The molecule has 1 fully saturated rings. The topological polar surface area (TPSA) is 103 Å². The zero-order valence-electron chi connectivity index (χ0n) is 21.4. The number of nitrogens with zero attached hydrogens (tertiary/aromatic N) is 1. The molecule has 0 bridgehead atoms. The van der Waals surface area contributed by atoms with Gasteiger partial charge in [-0.1, -0.05) is 23.7 Å². The molecule has 2 aromatic carbocycles. The number of morpholine rings is 1. The second-order valence-electron chi connectivity index (χ2n) is 9.66. The monoisotopic (exact) mass is 548 g/mol. The molecule has 38 heavy (non-hydrogen) atoms. The number of rotatable bonds is 7. The van der Waals surface area contributed by atoms with Crippen LogP contribution in [0.3, 0.4) is 0 Å². The lowest BCUT2D eigenvalue weighted by atomic mass is 9.84. The number of Topliss-reactive ketones (excluding diaryl/α,β-unsaturated/α-hetero) is 1. The summed E-state index contributed by atoms with van der Waals surface area (Å²) < 4.78 is 36.2. The summed E-state index contributed by atoms with van der Waals surface area (Å²) in [5, 5.41) is 2.65. The molecular formula is C27H30ClFN2O7. The first-order valence-corrected chi connectivity index (χ1v) is 12.7. The average Bonchev–Trinajstić information content (AvgIpc) is 2.87. The van der Waals surface area contributed by atoms with Crippen molar-refractivity contribution in [3.8, 4) is 5.75 Å². The van der Waals surface area contributed by atoms with E-state index in [1.165, 1.54) is 19.1 Å². The maximum atomic E-state index is 13.7. The minimum absolute atomic E-state index is 0.108. The van der Waals surface area contributed by atoms with Crippen LogP contribution in [0.5, 0.6) is 5.75 Å². The third-order valence-electron chi connectivity index (χ3n) is 6.54. The fourth-order valence-corrected chi connectivity index (χ4v) is 4.70. The van der Waals surface area contributed by atoms with Gasteiger partial charge in [-0.25, -0.2) is 9.18 Å². The molecule has 4 rings (SSSR count). The molecule has 0 spiro atoms. The lowest BCUT2D eigenvalue weighted by Gasteiger charge is -2.44. The number of amides is 1. The van der Waals surface area contributed by atoms with Crippen molar-refractivity contribution in [2.75, 3.05) is 39.5 Å². The molecule has 0 aliphatic carbocycles. The number of carbonyl (C=O) groups excluding carboxylic acids is 3. The van der Waals surface area contributed by atoms with Crippen LogP contribution in [0.1, 0.15) is 53.1 Å². The molecule has 11 heteroatoms. The summed E-state index contributed by atoms with van der Waals surface area (Å²) in [6, 6.07) is 7.63. The molecule has 2 aliphatic rings. The molecule has 0 unspecified atom stereocenters. The molecule has 2 heterocycles. The van der Waals surface area contributed by atoms with Gasteiger partial charge in [0.1, 0.15) is 23.8 Å². The summed E-state index contributed by atoms with van der Waals surface area (Å²) in [4.78, 5) is 40.4. The number of nitrogens with one attached hydrogen (secondary N) is 1. The minimum Gasteiger partial charge on any atom is -0.483 e. The fraction of sp³-hybridized carbons (Fsp3) is 0.444. The summed E-state index contributed by atoms with van der Waals surface area (Å²) in [6.45, 7) is 8.17. The average molecular weight is 549 g/mol. The molecule has 1 amide bonds. The Morgan fingerprint density at radius 3 is 2.61 bits per heavy atom. The number of ketones is 1. The molecule has 2 atom stereocenters. The summed E-state index contributed by atoms with van der Waals surface area (Å²) in [6.07, 6.45) is -1.96. The highest BCUT2D eigenvalue weighted by atomic mass is 35.5. The van der Waals surface area contributed by atoms with Gasteiger partial charge in [-0.05, 0) is 45.0 Å². The largest absolute Gasteiger partial charge is 0.508 e. The highest BCUT2D eigenvalue weighted by molar-refractivity contribution is 6.31. The highest BCUT2D eigenvalue weighted by Gasteiger charge is 2.48. The molecule has 2 aliphatic heterocycles. The van der Waals surface area contributed by atoms with Crippen LogP contribution in [0.2, 0.25) is 5.02 Å². The Balaban J connectivity index is 1.59. The molecule has 1 N–H and O–H groups in total. The first-order valence-electron chi connectivity index (χ1n) is 12.3. The zero-order chi connectivity index (χ0) is 27.4. The Morgan fingerprint density at radius 1 is 1.18 bits per heavy atom. The number of ether oxygens (including phenoxy) is 4. The molecule has 0 saturated carbocycles. The van der Waals surface area contributed by atoms with Crippen LogP contribution in [0.25, 0.3) is 0 Å². The van der Waals surface area contributed by atoms with Crippen molar-refractivity contribution in [1.82, 2.24) is 10.2 Å². The van der Waals surface area contributed by atoms with E-state index in [2.05, 4.69) is 10.2 Å². The van der Waals surface area contributed by atoms with Crippen LogP contribution >= 0.6 is 11.6 Å². The van der Waals surface area contributed by atoms with Gasteiger partial charge in [0.05, 0.1) is 29.8 Å². The predicted molar refractivity (Wildman–Crippen MR) is 136 cm³/mol. The highest BCUT2D eigenvalue weighted by Crippen LogP contribution is 2.43.